The molecule has 0 spiro atoms. The molecular formula is C15H20F4N2. The average molecular weight is 304 g/mol. The normalized spacial score (nSPS) is 23.7. The summed E-state index contributed by atoms with van der Waals surface area (Å²) >= 11 is 0. The van der Waals surface area contributed by atoms with E-state index in [1.165, 1.54) is 6.07 Å². The van der Waals surface area contributed by atoms with Gasteiger partial charge in [-0.25, -0.2) is 4.39 Å². The van der Waals surface area contributed by atoms with Crippen molar-refractivity contribution in [1.82, 2.24) is 5.32 Å². The van der Waals surface area contributed by atoms with Crippen LogP contribution in [0.3, 0.4) is 0 Å². The van der Waals surface area contributed by atoms with Crippen molar-refractivity contribution in [3.63, 3.8) is 0 Å². The summed E-state index contributed by atoms with van der Waals surface area (Å²) in [7, 11) is 0. The van der Waals surface area contributed by atoms with Gasteiger partial charge in [0.05, 0.1) is 5.56 Å². The zero-order valence-corrected chi connectivity index (χ0v) is 12.3. The zero-order valence-electron chi connectivity index (χ0n) is 12.3. The number of rotatable bonds is 2. The predicted molar refractivity (Wildman–Crippen MR) is 74.8 cm³/mol. The van der Waals surface area contributed by atoms with Gasteiger partial charge in [-0.15, -0.1) is 0 Å². The van der Waals surface area contributed by atoms with Gasteiger partial charge in [-0.3, -0.25) is 0 Å². The van der Waals surface area contributed by atoms with E-state index >= 15 is 0 Å². The lowest BCUT2D eigenvalue weighted by atomic mass is 9.99. The Morgan fingerprint density at radius 1 is 1.29 bits per heavy atom. The average Bonchev–Trinajstić information content (AvgIpc) is 2.38. The Morgan fingerprint density at radius 2 is 1.95 bits per heavy atom. The number of hydrogen-bond donors (Lipinski definition) is 1. The van der Waals surface area contributed by atoms with Gasteiger partial charge in [0.1, 0.15) is 5.82 Å². The maximum atomic E-state index is 13.4. The van der Waals surface area contributed by atoms with Crippen molar-refractivity contribution in [3.05, 3.63) is 29.6 Å². The summed E-state index contributed by atoms with van der Waals surface area (Å²) in [5.41, 5.74) is -0.782. The smallest absolute Gasteiger partial charge is 0.366 e. The Hall–Kier alpha value is -1.30. The molecule has 2 rings (SSSR count). The van der Waals surface area contributed by atoms with Crippen molar-refractivity contribution in [2.24, 2.45) is 5.92 Å². The number of nitrogens with one attached hydrogen (secondary N) is 1. The topological polar surface area (TPSA) is 15.3 Å². The highest BCUT2D eigenvalue weighted by Gasteiger charge is 2.35. The molecule has 0 saturated carbocycles. The molecule has 1 aliphatic rings. The minimum Gasteiger partial charge on any atom is -0.366 e. The van der Waals surface area contributed by atoms with Crippen LogP contribution in [0.15, 0.2) is 18.2 Å². The lowest BCUT2D eigenvalue weighted by molar-refractivity contribution is -0.139. The molecule has 0 amide bonds. The molecule has 1 fully saturated rings. The highest BCUT2D eigenvalue weighted by Crippen LogP contribution is 2.34. The molecule has 2 nitrogen and oxygen atoms in total. The Kier molecular flexibility index (Phi) is 4.46. The van der Waals surface area contributed by atoms with Crippen molar-refractivity contribution < 1.29 is 17.6 Å². The van der Waals surface area contributed by atoms with Crippen LogP contribution >= 0.6 is 0 Å². The second kappa shape index (κ2) is 5.83. The summed E-state index contributed by atoms with van der Waals surface area (Å²) in [5, 5.41) is 3.39. The number of piperazine rings is 1. The Labute approximate surface area is 122 Å². The fourth-order valence-electron chi connectivity index (χ4n) is 2.60. The minimum absolute atomic E-state index is 0.0616. The largest absolute Gasteiger partial charge is 0.419 e. The van der Waals surface area contributed by atoms with E-state index in [9.17, 15) is 17.6 Å². The van der Waals surface area contributed by atoms with E-state index in [2.05, 4.69) is 19.2 Å². The van der Waals surface area contributed by atoms with Crippen LogP contribution in [0.4, 0.5) is 23.2 Å². The van der Waals surface area contributed by atoms with Crippen molar-refractivity contribution >= 4 is 5.69 Å². The number of benzene rings is 1. The first-order valence-corrected chi connectivity index (χ1v) is 7.07. The summed E-state index contributed by atoms with van der Waals surface area (Å²) in [6.45, 7) is 7.39. The highest BCUT2D eigenvalue weighted by molar-refractivity contribution is 5.51. The van der Waals surface area contributed by atoms with Crippen LogP contribution in [0, 0.1) is 11.7 Å². The molecule has 1 heterocycles. The van der Waals surface area contributed by atoms with Crippen LogP contribution in [0.5, 0.6) is 0 Å². The van der Waals surface area contributed by atoms with Crippen LogP contribution in [-0.4, -0.2) is 25.2 Å². The van der Waals surface area contributed by atoms with Crippen LogP contribution in [0.25, 0.3) is 0 Å². The summed E-state index contributed by atoms with van der Waals surface area (Å²) in [6.07, 6.45) is -4.67. The molecule has 21 heavy (non-hydrogen) atoms. The second-order valence-electron chi connectivity index (χ2n) is 5.92. The first kappa shape index (κ1) is 16.1. The van der Waals surface area contributed by atoms with Crippen LogP contribution in [0.1, 0.15) is 26.3 Å². The molecule has 6 heteroatoms. The fourth-order valence-corrected chi connectivity index (χ4v) is 2.60. The maximum absolute atomic E-state index is 13.4. The van der Waals surface area contributed by atoms with E-state index in [1.807, 2.05) is 11.8 Å². The molecule has 0 bridgehead atoms. The third kappa shape index (κ3) is 3.48. The minimum atomic E-state index is -4.67. The summed E-state index contributed by atoms with van der Waals surface area (Å²) in [6, 6.07) is 3.50. The highest BCUT2D eigenvalue weighted by atomic mass is 19.4. The van der Waals surface area contributed by atoms with Crippen LogP contribution in [0.2, 0.25) is 0 Å². The quantitative estimate of drug-likeness (QED) is 0.839. The molecule has 1 aliphatic heterocycles. The molecule has 1 aromatic rings. The molecule has 118 valence electrons. The Morgan fingerprint density at radius 3 is 2.52 bits per heavy atom. The van der Waals surface area contributed by atoms with Gasteiger partial charge in [-0.05, 0) is 31.0 Å². The van der Waals surface area contributed by atoms with Gasteiger partial charge in [0.2, 0.25) is 0 Å². The van der Waals surface area contributed by atoms with Crippen molar-refractivity contribution in [2.45, 2.75) is 39.0 Å². The molecule has 1 aromatic carbocycles. The number of alkyl halides is 3. The van der Waals surface area contributed by atoms with E-state index in [0.717, 1.165) is 12.1 Å². The standard InChI is InChI=1S/C15H20F4N2/c1-9(2)14-8-21(10(3)7-20-14)11-4-5-13(16)12(6-11)15(17,18)19/h4-6,9-10,14,20H,7-8H2,1-3H3. The van der Waals surface area contributed by atoms with Crippen molar-refractivity contribution in [3.8, 4) is 0 Å². The number of halogens is 4. The van der Waals surface area contributed by atoms with Gasteiger partial charge in [0, 0.05) is 30.9 Å². The molecule has 1 saturated heterocycles. The van der Waals surface area contributed by atoms with Gasteiger partial charge < -0.3 is 10.2 Å². The molecule has 2 atom stereocenters. The third-order valence-corrected chi connectivity index (χ3v) is 3.99. The van der Waals surface area contributed by atoms with Crippen molar-refractivity contribution in [2.75, 3.05) is 18.0 Å². The van der Waals surface area contributed by atoms with Gasteiger partial charge >= 0.3 is 6.18 Å². The van der Waals surface area contributed by atoms with E-state index < -0.39 is 17.6 Å². The number of nitrogens with zero attached hydrogens (tertiary/aromatic N) is 1. The Bertz CT molecular complexity index is 499. The lowest BCUT2D eigenvalue weighted by Gasteiger charge is -2.42. The molecule has 2 unspecified atom stereocenters. The first-order valence-electron chi connectivity index (χ1n) is 7.07. The molecular weight excluding hydrogens is 284 g/mol. The van der Waals surface area contributed by atoms with E-state index in [1.54, 1.807) is 0 Å². The van der Waals surface area contributed by atoms with Gasteiger partial charge in [0.25, 0.3) is 0 Å². The summed E-state index contributed by atoms with van der Waals surface area (Å²) in [4.78, 5) is 1.91. The lowest BCUT2D eigenvalue weighted by Crippen LogP contribution is -2.57. The predicted octanol–water partition coefficient (Wildman–Crippen LogP) is 3.67. The van der Waals surface area contributed by atoms with Crippen LogP contribution < -0.4 is 10.2 Å². The van der Waals surface area contributed by atoms with Gasteiger partial charge in [-0.2, -0.15) is 13.2 Å². The maximum Gasteiger partial charge on any atom is 0.419 e. The first-order chi connectivity index (χ1) is 9.70. The molecule has 0 radical (unpaired) electrons. The van der Waals surface area contributed by atoms with E-state index in [-0.39, 0.29) is 12.1 Å². The summed E-state index contributed by atoms with van der Waals surface area (Å²) in [5.74, 6) is -0.850. The fraction of sp³-hybridized carbons (Fsp3) is 0.600. The Balaban J connectivity index is 2.32. The van der Waals surface area contributed by atoms with Crippen molar-refractivity contribution in [1.29, 1.82) is 0 Å². The van der Waals surface area contributed by atoms with E-state index in [4.69, 9.17) is 0 Å². The SMILES string of the molecule is CC(C)C1CN(c2ccc(F)c(C(F)(F)F)c2)C(C)CN1. The van der Waals surface area contributed by atoms with E-state index in [0.29, 0.717) is 24.7 Å². The molecule has 0 aromatic heterocycles. The van der Waals surface area contributed by atoms with Gasteiger partial charge in [-0.1, -0.05) is 13.8 Å². The monoisotopic (exact) mass is 304 g/mol. The number of hydrogen-bond acceptors (Lipinski definition) is 2. The second-order valence-corrected chi connectivity index (χ2v) is 5.92. The number of anilines is 1. The third-order valence-electron chi connectivity index (χ3n) is 3.99. The van der Waals surface area contributed by atoms with Gasteiger partial charge in [0.15, 0.2) is 0 Å². The zero-order chi connectivity index (χ0) is 15.8. The molecule has 1 N–H and O–H groups in total. The summed E-state index contributed by atoms with van der Waals surface area (Å²) < 4.78 is 51.9. The van der Waals surface area contributed by atoms with Crippen LogP contribution in [-0.2, 0) is 6.18 Å². The molecule has 0 aliphatic carbocycles.